The lowest BCUT2D eigenvalue weighted by Gasteiger charge is -2.42. The maximum absolute atomic E-state index is 13.5. The molecule has 236 valence electrons. The molecule has 0 radical (unpaired) electrons. The largest absolute Gasteiger partial charge is 0.465 e. The molecule has 4 aliphatic rings. The molecule has 4 saturated heterocycles. The van der Waals surface area contributed by atoms with Crippen molar-refractivity contribution in [2.45, 2.75) is 93.6 Å². The minimum atomic E-state index is -0.157. The van der Waals surface area contributed by atoms with Crippen molar-refractivity contribution >= 4 is 35.4 Å². The summed E-state index contributed by atoms with van der Waals surface area (Å²) in [6.45, 7) is 2.41. The molecule has 5 unspecified atom stereocenters. The number of urea groups is 1. The summed E-state index contributed by atoms with van der Waals surface area (Å²) in [6.07, 6.45) is 6.79. The van der Waals surface area contributed by atoms with Gasteiger partial charge in [0.05, 0.1) is 30.3 Å². The highest BCUT2D eigenvalue weighted by atomic mass is 32.2. The Morgan fingerprint density at radius 3 is 2.61 bits per heavy atom. The molecule has 4 N–H and O–H groups in total. The summed E-state index contributed by atoms with van der Waals surface area (Å²) in [5.41, 5.74) is 4.14. The van der Waals surface area contributed by atoms with Gasteiger partial charge in [-0.25, -0.2) is 15.6 Å². The van der Waals surface area contributed by atoms with Gasteiger partial charge in [0, 0.05) is 41.8 Å². The molecule has 9 nitrogen and oxygen atoms in total. The van der Waals surface area contributed by atoms with E-state index in [1.807, 2.05) is 36.0 Å². The average Bonchev–Trinajstić information content (AvgIpc) is 3.64. The highest BCUT2D eigenvalue weighted by Crippen LogP contribution is 2.46. The van der Waals surface area contributed by atoms with Gasteiger partial charge in [-0.05, 0) is 69.3 Å². The SMILES string of the molecule is Cc1ccc([C@H]2C[C@H]3CCC(C2C(=O)OCCc2ccc(N(N)C(=O)CCCCC4SCC5NC(=O)NC54)cc2)N3C)cc1. The van der Waals surface area contributed by atoms with Gasteiger partial charge in [0.2, 0.25) is 5.91 Å². The zero-order valence-corrected chi connectivity index (χ0v) is 26.6. The van der Waals surface area contributed by atoms with Crippen molar-refractivity contribution in [2.75, 3.05) is 24.4 Å². The number of carbonyl (C=O) groups is 3. The molecule has 4 heterocycles. The van der Waals surface area contributed by atoms with Crippen LogP contribution in [0, 0.1) is 12.8 Å². The van der Waals surface area contributed by atoms with Gasteiger partial charge < -0.3 is 15.4 Å². The van der Waals surface area contributed by atoms with E-state index < -0.39 is 0 Å². The number of nitrogens with one attached hydrogen (secondary N) is 2. The third-order valence-corrected chi connectivity index (χ3v) is 11.7. The number of aryl methyl sites for hydroxylation is 1. The first-order valence-electron chi connectivity index (χ1n) is 16.1. The molecule has 7 atom stereocenters. The Bertz CT molecular complexity index is 1340. The summed E-state index contributed by atoms with van der Waals surface area (Å²) in [4.78, 5) is 40.2. The van der Waals surface area contributed by atoms with Crippen LogP contribution in [0.25, 0.3) is 0 Å². The number of unbranched alkanes of at least 4 members (excludes halogenated alkanes) is 1. The number of hydrazine groups is 1. The number of benzene rings is 2. The van der Waals surface area contributed by atoms with Crippen molar-refractivity contribution in [1.29, 1.82) is 0 Å². The minimum absolute atomic E-state index is 0.0719. The number of piperidine rings is 1. The topological polar surface area (TPSA) is 117 Å². The van der Waals surface area contributed by atoms with E-state index >= 15 is 0 Å². The van der Waals surface area contributed by atoms with Gasteiger partial charge in [-0.3, -0.25) is 14.5 Å². The van der Waals surface area contributed by atoms with Gasteiger partial charge in [-0.1, -0.05) is 48.4 Å². The molecule has 4 aliphatic heterocycles. The number of amides is 3. The number of nitrogens with zero attached hydrogens (tertiary/aromatic N) is 2. The van der Waals surface area contributed by atoms with Crippen LogP contribution in [0.15, 0.2) is 48.5 Å². The predicted octanol–water partition coefficient (Wildman–Crippen LogP) is 4.28. The Labute approximate surface area is 264 Å². The predicted molar refractivity (Wildman–Crippen MR) is 173 cm³/mol. The molecular weight excluding hydrogens is 574 g/mol. The van der Waals surface area contributed by atoms with E-state index in [1.54, 1.807) is 0 Å². The second kappa shape index (κ2) is 13.5. The standard InChI is InChI=1S/C34H45N5O4S/c1-21-7-11-23(12-8-21)26-19-25-15-16-28(38(25)2)31(26)33(41)43-18-17-22-9-13-24(14-10-22)39(35)30(40)6-4-3-5-29-32-27(20-44-29)36-34(42)37-32/h7-14,25-29,31-32H,3-6,15-20,35H2,1-2H3,(H2,36,37,42)/t25-,26-,27?,28?,29?,31?,32?/m1/s1. The molecule has 0 saturated carbocycles. The normalized spacial score (nSPS) is 29.2. The van der Waals surface area contributed by atoms with Crippen molar-refractivity contribution in [3.63, 3.8) is 0 Å². The van der Waals surface area contributed by atoms with Crippen LogP contribution in [0.5, 0.6) is 0 Å². The lowest BCUT2D eigenvalue weighted by molar-refractivity contribution is -0.153. The molecule has 0 spiro atoms. The van der Waals surface area contributed by atoms with Gasteiger partial charge >= 0.3 is 12.0 Å². The summed E-state index contributed by atoms with van der Waals surface area (Å²) in [5, 5.41) is 7.60. The first kappa shape index (κ1) is 30.9. The molecule has 3 amide bonds. The monoisotopic (exact) mass is 619 g/mol. The van der Waals surface area contributed by atoms with Crippen molar-refractivity contribution in [2.24, 2.45) is 11.8 Å². The van der Waals surface area contributed by atoms with Crippen LogP contribution in [-0.4, -0.2) is 71.6 Å². The summed E-state index contributed by atoms with van der Waals surface area (Å²) in [5.74, 6) is 6.91. The average molecular weight is 620 g/mol. The van der Waals surface area contributed by atoms with E-state index in [1.165, 1.54) is 16.1 Å². The smallest absolute Gasteiger partial charge is 0.315 e. The van der Waals surface area contributed by atoms with Gasteiger partial charge in [-0.2, -0.15) is 11.8 Å². The van der Waals surface area contributed by atoms with E-state index in [-0.39, 0.29) is 47.9 Å². The number of anilines is 1. The van der Waals surface area contributed by atoms with Crippen LogP contribution in [0.3, 0.4) is 0 Å². The highest BCUT2D eigenvalue weighted by molar-refractivity contribution is 8.00. The molecule has 44 heavy (non-hydrogen) atoms. The fourth-order valence-corrected chi connectivity index (χ4v) is 9.21. The quantitative estimate of drug-likeness (QED) is 0.0859. The second-order valence-electron chi connectivity index (χ2n) is 13.0. The van der Waals surface area contributed by atoms with Crippen LogP contribution in [0.2, 0.25) is 0 Å². The number of hydrogen-bond donors (Lipinski definition) is 3. The molecular formula is C34H45N5O4S. The van der Waals surface area contributed by atoms with E-state index in [9.17, 15) is 14.4 Å². The third-order valence-electron chi connectivity index (χ3n) is 10.2. The van der Waals surface area contributed by atoms with Gasteiger partial charge in [0.15, 0.2) is 0 Å². The molecule has 2 aromatic carbocycles. The fraction of sp³-hybridized carbons (Fsp3) is 0.559. The number of rotatable bonds is 11. The number of ether oxygens (including phenoxy) is 1. The van der Waals surface area contributed by atoms with E-state index in [0.29, 0.717) is 36.4 Å². The number of hydrogen-bond acceptors (Lipinski definition) is 7. The summed E-state index contributed by atoms with van der Waals surface area (Å²) >= 11 is 1.89. The Morgan fingerprint density at radius 1 is 1.07 bits per heavy atom. The number of esters is 1. The fourth-order valence-electron chi connectivity index (χ4n) is 7.66. The Hall–Kier alpha value is -3.08. The van der Waals surface area contributed by atoms with Gasteiger partial charge in [-0.15, -0.1) is 0 Å². The maximum Gasteiger partial charge on any atom is 0.315 e. The lowest BCUT2D eigenvalue weighted by Crippen LogP contribution is -2.49. The number of carbonyl (C=O) groups excluding carboxylic acids is 3. The second-order valence-corrected chi connectivity index (χ2v) is 14.2. The van der Waals surface area contributed by atoms with Crippen LogP contribution in [0.4, 0.5) is 10.5 Å². The van der Waals surface area contributed by atoms with Crippen LogP contribution in [-0.2, 0) is 20.7 Å². The lowest BCUT2D eigenvalue weighted by atomic mass is 9.76. The maximum atomic E-state index is 13.5. The molecule has 2 bridgehead atoms. The Morgan fingerprint density at radius 2 is 1.84 bits per heavy atom. The Kier molecular flexibility index (Phi) is 9.49. The Balaban J connectivity index is 0.952. The third kappa shape index (κ3) is 6.62. The molecule has 0 aromatic heterocycles. The van der Waals surface area contributed by atoms with Crippen molar-refractivity contribution in [3.05, 3.63) is 65.2 Å². The van der Waals surface area contributed by atoms with Crippen LogP contribution < -0.4 is 21.5 Å². The van der Waals surface area contributed by atoms with E-state index in [4.69, 9.17) is 10.6 Å². The number of fused-ring (bicyclic) bond motifs is 3. The summed E-state index contributed by atoms with van der Waals surface area (Å²) < 4.78 is 5.92. The molecule has 10 heteroatoms. The van der Waals surface area contributed by atoms with Crippen LogP contribution >= 0.6 is 11.8 Å². The summed E-state index contributed by atoms with van der Waals surface area (Å²) in [7, 11) is 2.15. The molecule has 2 aromatic rings. The van der Waals surface area contributed by atoms with E-state index in [2.05, 4.69) is 53.8 Å². The van der Waals surface area contributed by atoms with Crippen molar-refractivity contribution in [3.8, 4) is 0 Å². The first-order valence-corrected chi connectivity index (χ1v) is 17.1. The van der Waals surface area contributed by atoms with Gasteiger partial charge in [0.1, 0.15) is 0 Å². The van der Waals surface area contributed by atoms with Crippen molar-refractivity contribution < 1.29 is 19.1 Å². The van der Waals surface area contributed by atoms with E-state index in [0.717, 1.165) is 49.8 Å². The summed E-state index contributed by atoms with van der Waals surface area (Å²) in [6, 6.07) is 17.3. The zero-order valence-electron chi connectivity index (χ0n) is 25.7. The number of thioether (sulfide) groups is 1. The molecule has 0 aliphatic carbocycles. The minimum Gasteiger partial charge on any atom is -0.465 e. The van der Waals surface area contributed by atoms with Gasteiger partial charge in [0.25, 0.3) is 0 Å². The van der Waals surface area contributed by atoms with Crippen molar-refractivity contribution in [1.82, 2.24) is 15.5 Å². The first-order chi connectivity index (χ1) is 21.3. The molecule has 6 rings (SSSR count). The molecule has 4 fully saturated rings. The zero-order chi connectivity index (χ0) is 30.8. The number of nitrogens with two attached hydrogens (primary N) is 1. The van der Waals surface area contributed by atoms with Crippen LogP contribution in [0.1, 0.15) is 67.6 Å². The highest BCUT2D eigenvalue weighted by Gasteiger charge is 2.49.